The van der Waals surface area contributed by atoms with Crippen LogP contribution >= 0.6 is 11.6 Å². The number of hydrogen-bond acceptors (Lipinski definition) is 4. The van der Waals surface area contributed by atoms with Crippen molar-refractivity contribution in [2.45, 2.75) is 0 Å². The van der Waals surface area contributed by atoms with E-state index in [4.69, 9.17) is 21.1 Å². The highest BCUT2D eigenvalue weighted by Crippen LogP contribution is 2.29. The Labute approximate surface area is 116 Å². The summed E-state index contributed by atoms with van der Waals surface area (Å²) in [5, 5.41) is 1.61. The second kappa shape index (κ2) is 5.23. The van der Waals surface area contributed by atoms with Crippen LogP contribution in [0.2, 0.25) is 5.02 Å². The molecule has 0 atom stereocenters. The largest absolute Gasteiger partial charge is 0.481 e. The zero-order valence-electron chi connectivity index (χ0n) is 10.7. The van der Waals surface area contributed by atoms with Crippen molar-refractivity contribution >= 4 is 28.2 Å². The highest BCUT2D eigenvalue weighted by molar-refractivity contribution is 6.35. The van der Waals surface area contributed by atoms with Gasteiger partial charge >= 0.3 is 0 Å². The van der Waals surface area contributed by atoms with E-state index in [9.17, 15) is 0 Å². The molecule has 4 nitrogen and oxygen atoms in total. The molecule has 0 amide bonds. The molecule has 1 fully saturated rings. The van der Waals surface area contributed by atoms with Gasteiger partial charge in [-0.25, -0.2) is 4.98 Å². The highest BCUT2D eigenvalue weighted by atomic mass is 35.5. The van der Waals surface area contributed by atoms with Crippen molar-refractivity contribution in [2.24, 2.45) is 0 Å². The molecule has 0 unspecified atom stereocenters. The molecule has 0 radical (unpaired) electrons. The monoisotopic (exact) mass is 278 g/mol. The lowest BCUT2D eigenvalue weighted by molar-refractivity contribution is 0.122. The summed E-state index contributed by atoms with van der Waals surface area (Å²) < 4.78 is 10.5. The number of methoxy groups -OCH3 is 1. The standard InChI is InChI=1S/C14H15ClN2O2/c1-18-14-9-12(15)11-3-2-10(8-13(11)16-14)17-4-6-19-7-5-17/h2-3,8-9H,4-7H2,1H3. The molecule has 1 aromatic carbocycles. The van der Waals surface area contributed by atoms with Crippen molar-refractivity contribution in [1.29, 1.82) is 0 Å². The maximum absolute atomic E-state index is 6.23. The molecule has 2 aromatic rings. The molecular weight excluding hydrogens is 264 g/mol. The summed E-state index contributed by atoms with van der Waals surface area (Å²) in [6.45, 7) is 3.35. The van der Waals surface area contributed by atoms with Crippen LogP contribution < -0.4 is 9.64 Å². The van der Waals surface area contributed by atoms with Crippen molar-refractivity contribution in [1.82, 2.24) is 4.98 Å². The summed E-state index contributed by atoms with van der Waals surface area (Å²) in [6.07, 6.45) is 0. The van der Waals surface area contributed by atoms with Gasteiger partial charge in [-0.3, -0.25) is 0 Å². The van der Waals surface area contributed by atoms with E-state index in [0.29, 0.717) is 10.9 Å². The summed E-state index contributed by atoms with van der Waals surface area (Å²) in [7, 11) is 1.59. The Hall–Kier alpha value is -1.52. The van der Waals surface area contributed by atoms with Gasteiger partial charge in [-0.1, -0.05) is 11.6 Å². The fourth-order valence-corrected chi connectivity index (χ4v) is 2.53. The Morgan fingerprint density at radius 2 is 2.05 bits per heavy atom. The molecule has 0 N–H and O–H groups in total. The van der Waals surface area contributed by atoms with Crippen LogP contribution in [0.5, 0.6) is 5.88 Å². The van der Waals surface area contributed by atoms with E-state index < -0.39 is 0 Å². The fourth-order valence-electron chi connectivity index (χ4n) is 2.27. The van der Waals surface area contributed by atoms with E-state index in [1.54, 1.807) is 13.2 Å². The Balaban J connectivity index is 2.03. The second-order valence-electron chi connectivity index (χ2n) is 4.45. The van der Waals surface area contributed by atoms with E-state index in [0.717, 1.165) is 42.9 Å². The van der Waals surface area contributed by atoms with Crippen LogP contribution in [0.25, 0.3) is 10.9 Å². The lowest BCUT2D eigenvalue weighted by Gasteiger charge is -2.29. The van der Waals surface area contributed by atoms with Gasteiger partial charge in [-0.15, -0.1) is 0 Å². The SMILES string of the molecule is COc1cc(Cl)c2ccc(N3CCOCC3)cc2n1. The summed E-state index contributed by atoms with van der Waals surface area (Å²) in [4.78, 5) is 6.74. The number of aromatic nitrogens is 1. The second-order valence-corrected chi connectivity index (χ2v) is 4.85. The van der Waals surface area contributed by atoms with Crippen molar-refractivity contribution in [2.75, 3.05) is 38.3 Å². The molecule has 0 saturated carbocycles. The van der Waals surface area contributed by atoms with Crippen LogP contribution in [-0.2, 0) is 4.74 Å². The van der Waals surface area contributed by atoms with Crippen LogP contribution in [0.4, 0.5) is 5.69 Å². The molecule has 1 saturated heterocycles. The van der Waals surface area contributed by atoms with Gasteiger partial charge in [0.05, 0.1) is 30.9 Å². The van der Waals surface area contributed by atoms with Crippen LogP contribution in [0.15, 0.2) is 24.3 Å². The molecular formula is C14H15ClN2O2. The van der Waals surface area contributed by atoms with Crippen LogP contribution in [0.3, 0.4) is 0 Å². The Bertz CT molecular complexity index is 597. The maximum Gasteiger partial charge on any atom is 0.215 e. The average molecular weight is 279 g/mol. The lowest BCUT2D eigenvalue weighted by atomic mass is 10.2. The number of fused-ring (bicyclic) bond motifs is 1. The quantitative estimate of drug-likeness (QED) is 0.846. The predicted molar refractivity (Wildman–Crippen MR) is 76.3 cm³/mol. The van der Waals surface area contributed by atoms with Crippen LogP contribution in [0, 0.1) is 0 Å². The molecule has 0 aliphatic carbocycles. The fraction of sp³-hybridized carbons (Fsp3) is 0.357. The van der Waals surface area contributed by atoms with Gasteiger partial charge in [0.25, 0.3) is 0 Å². The van der Waals surface area contributed by atoms with Crippen molar-refractivity contribution in [3.63, 3.8) is 0 Å². The predicted octanol–water partition coefficient (Wildman–Crippen LogP) is 2.73. The van der Waals surface area contributed by atoms with Crippen molar-refractivity contribution in [3.8, 4) is 5.88 Å². The molecule has 1 aromatic heterocycles. The normalized spacial score (nSPS) is 15.8. The van der Waals surface area contributed by atoms with Gasteiger partial charge < -0.3 is 14.4 Å². The van der Waals surface area contributed by atoms with Gasteiger partial charge in [0.1, 0.15) is 0 Å². The molecule has 3 rings (SSSR count). The highest BCUT2D eigenvalue weighted by Gasteiger charge is 2.13. The molecule has 0 bridgehead atoms. The number of nitrogens with zero attached hydrogens (tertiary/aromatic N) is 2. The first-order chi connectivity index (χ1) is 9.28. The Kier molecular flexibility index (Phi) is 3.44. The first-order valence-corrected chi connectivity index (χ1v) is 6.63. The minimum atomic E-state index is 0.539. The van der Waals surface area contributed by atoms with E-state index in [1.165, 1.54) is 0 Å². The molecule has 2 heterocycles. The van der Waals surface area contributed by atoms with E-state index >= 15 is 0 Å². The number of pyridine rings is 1. The van der Waals surface area contributed by atoms with Crippen molar-refractivity contribution in [3.05, 3.63) is 29.3 Å². The van der Waals surface area contributed by atoms with Gasteiger partial charge in [0.15, 0.2) is 0 Å². The van der Waals surface area contributed by atoms with Gasteiger partial charge in [-0.05, 0) is 18.2 Å². The van der Waals surface area contributed by atoms with Crippen LogP contribution in [-0.4, -0.2) is 38.4 Å². The number of halogens is 1. The summed E-state index contributed by atoms with van der Waals surface area (Å²) in [6, 6.07) is 7.87. The van der Waals surface area contributed by atoms with Gasteiger partial charge in [0.2, 0.25) is 5.88 Å². The minimum Gasteiger partial charge on any atom is -0.481 e. The number of anilines is 1. The minimum absolute atomic E-state index is 0.539. The number of benzene rings is 1. The average Bonchev–Trinajstić information content (AvgIpc) is 2.47. The first kappa shape index (κ1) is 12.5. The molecule has 5 heteroatoms. The van der Waals surface area contributed by atoms with E-state index in [1.807, 2.05) is 6.07 Å². The number of rotatable bonds is 2. The third-order valence-electron chi connectivity index (χ3n) is 3.30. The van der Waals surface area contributed by atoms with Gasteiger partial charge in [-0.2, -0.15) is 0 Å². The number of ether oxygens (including phenoxy) is 2. The number of hydrogen-bond donors (Lipinski definition) is 0. The van der Waals surface area contributed by atoms with Gasteiger partial charge in [0, 0.05) is 30.2 Å². The third-order valence-corrected chi connectivity index (χ3v) is 3.62. The zero-order valence-corrected chi connectivity index (χ0v) is 11.5. The number of morpholine rings is 1. The first-order valence-electron chi connectivity index (χ1n) is 6.25. The molecule has 1 aliphatic heterocycles. The summed E-state index contributed by atoms with van der Waals surface area (Å²) in [5.41, 5.74) is 2.00. The maximum atomic E-state index is 6.23. The van der Waals surface area contributed by atoms with Crippen LogP contribution in [0.1, 0.15) is 0 Å². The summed E-state index contributed by atoms with van der Waals surface area (Å²) >= 11 is 6.23. The third kappa shape index (κ3) is 2.46. The van der Waals surface area contributed by atoms with E-state index in [2.05, 4.69) is 22.0 Å². The van der Waals surface area contributed by atoms with Crippen molar-refractivity contribution < 1.29 is 9.47 Å². The lowest BCUT2D eigenvalue weighted by Crippen LogP contribution is -2.36. The smallest absolute Gasteiger partial charge is 0.215 e. The zero-order chi connectivity index (χ0) is 13.2. The van der Waals surface area contributed by atoms with E-state index in [-0.39, 0.29) is 0 Å². The molecule has 19 heavy (non-hydrogen) atoms. The Morgan fingerprint density at radius 1 is 1.26 bits per heavy atom. The molecule has 0 spiro atoms. The molecule has 100 valence electrons. The molecule has 1 aliphatic rings. The topological polar surface area (TPSA) is 34.6 Å². The summed E-state index contributed by atoms with van der Waals surface area (Å²) in [5.74, 6) is 0.539. The Morgan fingerprint density at radius 3 is 2.79 bits per heavy atom.